The Balaban J connectivity index is 1.76. The lowest BCUT2D eigenvalue weighted by Gasteiger charge is -2.26. The zero-order valence-corrected chi connectivity index (χ0v) is 18.4. The molecule has 1 atom stereocenters. The Morgan fingerprint density at radius 1 is 1.17 bits per heavy atom. The van der Waals surface area contributed by atoms with Crippen molar-refractivity contribution in [2.75, 3.05) is 13.7 Å². The van der Waals surface area contributed by atoms with Crippen LogP contribution in [-0.2, 0) is 0 Å². The Kier molecular flexibility index (Phi) is 5.50. The van der Waals surface area contributed by atoms with Crippen molar-refractivity contribution in [3.8, 4) is 5.75 Å². The number of hydrogen-bond donors (Lipinski definition) is 0. The summed E-state index contributed by atoms with van der Waals surface area (Å²) >= 11 is 0. The number of rotatable bonds is 5. The lowest BCUT2D eigenvalue weighted by molar-refractivity contribution is 0.0737. The maximum Gasteiger partial charge on any atom is 0.255 e. The monoisotopic (exact) mass is 406 g/mol. The molecule has 158 valence electrons. The first-order valence-corrected chi connectivity index (χ1v) is 10.7. The van der Waals surface area contributed by atoms with Gasteiger partial charge in [0.25, 0.3) is 5.91 Å². The minimum Gasteiger partial charge on any atom is -0.497 e. The standard InChI is InChI=1S/C24H30N4O2/c1-15(2)21-13-19(20-14-25-28(16(3)4)23(20)26-21)24(29)27-12-6-7-22(27)17-8-10-18(30-5)11-9-17/h8-11,13-16,22H,6-7,12H2,1-5H3. The fraction of sp³-hybridized carbons (Fsp3) is 0.458. The first kappa shape index (κ1) is 20.4. The molecule has 2 aromatic heterocycles. The van der Waals surface area contributed by atoms with Crippen LogP contribution >= 0.6 is 0 Å². The van der Waals surface area contributed by atoms with E-state index in [0.717, 1.165) is 47.4 Å². The second-order valence-electron chi connectivity index (χ2n) is 8.60. The van der Waals surface area contributed by atoms with Crippen molar-refractivity contribution in [2.24, 2.45) is 0 Å². The molecule has 1 aromatic carbocycles. The predicted molar refractivity (Wildman–Crippen MR) is 118 cm³/mol. The van der Waals surface area contributed by atoms with E-state index < -0.39 is 0 Å². The van der Waals surface area contributed by atoms with E-state index in [1.807, 2.05) is 27.8 Å². The van der Waals surface area contributed by atoms with Gasteiger partial charge >= 0.3 is 0 Å². The van der Waals surface area contributed by atoms with Gasteiger partial charge in [-0.25, -0.2) is 9.67 Å². The fourth-order valence-corrected chi connectivity index (χ4v) is 4.23. The quantitative estimate of drug-likeness (QED) is 0.590. The average Bonchev–Trinajstić information content (AvgIpc) is 3.39. The van der Waals surface area contributed by atoms with Crippen LogP contribution in [0, 0.1) is 0 Å². The second kappa shape index (κ2) is 8.09. The van der Waals surface area contributed by atoms with Gasteiger partial charge in [0.05, 0.1) is 30.3 Å². The number of nitrogens with zero attached hydrogens (tertiary/aromatic N) is 4. The number of carbonyl (C=O) groups excluding carboxylic acids is 1. The molecule has 6 nitrogen and oxygen atoms in total. The van der Waals surface area contributed by atoms with Crippen molar-refractivity contribution in [3.05, 3.63) is 53.3 Å². The van der Waals surface area contributed by atoms with Crippen LogP contribution in [0.2, 0.25) is 0 Å². The zero-order chi connectivity index (χ0) is 21.4. The lowest BCUT2D eigenvalue weighted by Crippen LogP contribution is -2.31. The minimum absolute atomic E-state index is 0.0610. The number of methoxy groups -OCH3 is 1. The van der Waals surface area contributed by atoms with E-state index in [1.165, 1.54) is 0 Å². The van der Waals surface area contributed by atoms with Crippen LogP contribution in [0.25, 0.3) is 11.0 Å². The van der Waals surface area contributed by atoms with Crippen molar-refractivity contribution in [3.63, 3.8) is 0 Å². The molecule has 3 aromatic rings. The topological polar surface area (TPSA) is 60.2 Å². The Morgan fingerprint density at radius 3 is 2.53 bits per heavy atom. The van der Waals surface area contributed by atoms with E-state index in [4.69, 9.17) is 9.72 Å². The molecular formula is C24H30N4O2. The molecule has 1 aliphatic heterocycles. The van der Waals surface area contributed by atoms with Gasteiger partial charge in [0, 0.05) is 18.3 Å². The van der Waals surface area contributed by atoms with Crippen LogP contribution in [0.3, 0.4) is 0 Å². The van der Waals surface area contributed by atoms with Crippen LogP contribution in [-0.4, -0.2) is 39.2 Å². The van der Waals surface area contributed by atoms with Gasteiger partial charge in [0.2, 0.25) is 0 Å². The number of hydrogen-bond acceptors (Lipinski definition) is 4. The van der Waals surface area contributed by atoms with Crippen LogP contribution in [0.5, 0.6) is 5.75 Å². The van der Waals surface area contributed by atoms with Crippen LogP contribution < -0.4 is 4.74 Å². The molecule has 0 N–H and O–H groups in total. The summed E-state index contributed by atoms with van der Waals surface area (Å²) in [5.74, 6) is 1.12. The molecule has 4 rings (SSSR count). The van der Waals surface area contributed by atoms with E-state index >= 15 is 0 Å². The summed E-state index contributed by atoms with van der Waals surface area (Å²) in [5.41, 5.74) is 3.57. The van der Waals surface area contributed by atoms with Gasteiger partial charge in [-0.3, -0.25) is 4.79 Å². The molecule has 0 spiro atoms. The van der Waals surface area contributed by atoms with Gasteiger partial charge in [-0.15, -0.1) is 0 Å². The summed E-state index contributed by atoms with van der Waals surface area (Å²) in [6.45, 7) is 9.13. The summed E-state index contributed by atoms with van der Waals surface area (Å²) in [4.78, 5) is 20.6. The highest BCUT2D eigenvalue weighted by Crippen LogP contribution is 2.35. The maximum atomic E-state index is 13.8. The second-order valence-corrected chi connectivity index (χ2v) is 8.60. The van der Waals surface area contributed by atoms with Gasteiger partial charge in [0.15, 0.2) is 5.65 Å². The van der Waals surface area contributed by atoms with Crippen LogP contribution in [0.15, 0.2) is 36.5 Å². The Labute approximate surface area is 177 Å². The van der Waals surface area contributed by atoms with Crippen LogP contribution in [0.4, 0.5) is 0 Å². The number of amides is 1. The highest BCUT2D eigenvalue weighted by Gasteiger charge is 2.32. The van der Waals surface area contributed by atoms with E-state index in [1.54, 1.807) is 13.3 Å². The highest BCUT2D eigenvalue weighted by atomic mass is 16.5. The molecule has 3 heterocycles. The number of carbonyl (C=O) groups is 1. The Bertz CT molecular complexity index is 1050. The number of benzene rings is 1. The Morgan fingerprint density at radius 2 is 1.90 bits per heavy atom. The Hall–Kier alpha value is -2.89. The number of fused-ring (bicyclic) bond motifs is 1. The molecule has 1 fully saturated rings. The van der Waals surface area contributed by atoms with Gasteiger partial charge in [-0.1, -0.05) is 26.0 Å². The summed E-state index contributed by atoms with van der Waals surface area (Å²) in [5, 5.41) is 5.36. The number of likely N-dealkylation sites (tertiary alicyclic amines) is 1. The summed E-state index contributed by atoms with van der Waals surface area (Å²) in [6, 6.07) is 10.3. The average molecular weight is 407 g/mol. The van der Waals surface area contributed by atoms with E-state index in [2.05, 4.69) is 44.9 Å². The summed E-state index contributed by atoms with van der Waals surface area (Å²) in [6.07, 6.45) is 3.76. The van der Waals surface area contributed by atoms with Crippen molar-refractivity contribution >= 4 is 16.9 Å². The van der Waals surface area contributed by atoms with Gasteiger partial charge in [-0.2, -0.15) is 5.10 Å². The molecule has 1 unspecified atom stereocenters. The third-order valence-electron chi connectivity index (χ3n) is 5.91. The van der Waals surface area contributed by atoms with Gasteiger partial charge < -0.3 is 9.64 Å². The lowest BCUT2D eigenvalue weighted by atomic mass is 10.0. The molecule has 0 bridgehead atoms. The van der Waals surface area contributed by atoms with Gasteiger partial charge in [-0.05, 0) is 56.4 Å². The molecular weight excluding hydrogens is 376 g/mol. The normalized spacial score (nSPS) is 16.8. The van der Waals surface area contributed by atoms with Crippen molar-refractivity contribution in [2.45, 2.75) is 58.5 Å². The van der Waals surface area contributed by atoms with Crippen LogP contribution in [0.1, 0.15) is 80.2 Å². The van der Waals surface area contributed by atoms with E-state index in [9.17, 15) is 4.79 Å². The highest BCUT2D eigenvalue weighted by molar-refractivity contribution is 6.05. The number of pyridine rings is 1. The minimum atomic E-state index is 0.0610. The van der Waals surface area contributed by atoms with Crippen molar-refractivity contribution in [1.29, 1.82) is 0 Å². The third kappa shape index (κ3) is 3.55. The van der Waals surface area contributed by atoms with Crippen molar-refractivity contribution < 1.29 is 9.53 Å². The molecule has 30 heavy (non-hydrogen) atoms. The van der Waals surface area contributed by atoms with Gasteiger partial charge in [0.1, 0.15) is 5.75 Å². The fourth-order valence-electron chi connectivity index (χ4n) is 4.23. The smallest absolute Gasteiger partial charge is 0.255 e. The first-order valence-electron chi connectivity index (χ1n) is 10.7. The molecule has 0 radical (unpaired) electrons. The summed E-state index contributed by atoms with van der Waals surface area (Å²) < 4.78 is 7.19. The zero-order valence-electron chi connectivity index (χ0n) is 18.4. The predicted octanol–water partition coefficient (Wildman–Crippen LogP) is 5.12. The largest absolute Gasteiger partial charge is 0.497 e. The third-order valence-corrected chi connectivity index (χ3v) is 5.91. The first-order chi connectivity index (χ1) is 14.4. The summed E-state index contributed by atoms with van der Waals surface area (Å²) in [7, 11) is 1.67. The molecule has 6 heteroatoms. The number of ether oxygens (including phenoxy) is 1. The molecule has 1 saturated heterocycles. The van der Waals surface area contributed by atoms with Crippen molar-refractivity contribution in [1.82, 2.24) is 19.7 Å². The number of aromatic nitrogens is 3. The molecule has 1 aliphatic rings. The van der Waals surface area contributed by atoms with E-state index in [-0.39, 0.29) is 23.9 Å². The molecule has 1 amide bonds. The molecule has 0 aliphatic carbocycles. The maximum absolute atomic E-state index is 13.8. The van der Waals surface area contributed by atoms with E-state index in [0.29, 0.717) is 5.56 Å². The SMILES string of the molecule is COc1ccc(C2CCCN2C(=O)c2cc(C(C)C)nc3c2cnn3C(C)C)cc1. The molecule has 0 saturated carbocycles.